The molecule has 0 aliphatic carbocycles. The summed E-state index contributed by atoms with van der Waals surface area (Å²) in [7, 11) is 1.55. The molecular weight excluding hydrogens is 443 g/mol. The Kier molecular flexibility index (Phi) is 7.04. The molecule has 0 radical (unpaired) electrons. The lowest BCUT2D eigenvalue weighted by atomic mass is 10.1. The van der Waals surface area contributed by atoms with Gasteiger partial charge in [-0.1, -0.05) is 12.1 Å². The van der Waals surface area contributed by atoms with Crippen molar-refractivity contribution in [3.8, 4) is 17.6 Å². The summed E-state index contributed by atoms with van der Waals surface area (Å²) >= 11 is 2.14. The molecule has 2 rings (SSSR count). The molecule has 0 fully saturated rings. The van der Waals surface area contributed by atoms with Crippen molar-refractivity contribution in [2.75, 3.05) is 19.0 Å². The van der Waals surface area contributed by atoms with Crippen LogP contribution in [0.15, 0.2) is 42.0 Å². The topological polar surface area (TPSA) is 71.3 Å². The van der Waals surface area contributed by atoms with Gasteiger partial charge < -0.3 is 14.8 Å². The Morgan fingerprint density at radius 3 is 2.73 bits per heavy atom. The minimum absolute atomic E-state index is 0.00789. The number of rotatable bonds is 6. The molecule has 0 aliphatic heterocycles. The van der Waals surface area contributed by atoms with Crippen LogP contribution in [0.2, 0.25) is 0 Å². The average molecular weight is 462 g/mol. The third-order valence-electron chi connectivity index (χ3n) is 3.49. The highest BCUT2D eigenvalue weighted by molar-refractivity contribution is 14.1. The van der Waals surface area contributed by atoms with Crippen molar-refractivity contribution >= 4 is 40.3 Å². The number of halogens is 1. The van der Waals surface area contributed by atoms with Gasteiger partial charge in [0.15, 0.2) is 11.5 Å². The Labute approximate surface area is 166 Å². The van der Waals surface area contributed by atoms with E-state index < -0.39 is 5.91 Å². The summed E-state index contributed by atoms with van der Waals surface area (Å²) < 4.78 is 11.8. The minimum Gasteiger partial charge on any atom is -0.493 e. The Bertz CT molecular complexity index is 885. The van der Waals surface area contributed by atoms with E-state index in [1.165, 1.54) is 6.08 Å². The first-order valence-corrected chi connectivity index (χ1v) is 9.06. The molecule has 0 unspecified atom stereocenters. The molecule has 2 aromatic rings. The summed E-state index contributed by atoms with van der Waals surface area (Å²) in [5.74, 6) is 0.748. The van der Waals surface area contributed by atoms with Crippen LogP contribution in [0, 0.1) is 21.8 Å². The summed E-state index contributed by atoms with van der Waals surface area (Å²) in [6, 6.07) is 12.9. The fraction of sp³-hybridized carbons (Fsp3) is 0.200. The molecule has 26 heavy (non-hydrogen) atoms. The number of amides is 1. The molecule has 5 nitrogen and oxygen atoms in total. The van der Waals surface area contributed by atoms with Crippen molar-refractivity contribution in [1.82, 2.24) is 0 Å². The van der Waals surface area contributed by atoms with E-state index in [9.17, 15) is 10.1 Å². The second-order valence-corrected chi connectivity index (χ2v) is 6.62. The highest BCUT2D eigenvalue weighted by Gasteiger charge is 2.13. The number of carbonyl (C=O) groups is 1. The highest BCUT2D eigenvalue weighted by Crippen LogP contribution is 2.34. The molecule has 0 atom stereocenters. The predicted octanol–water partition coefficient (Wildman–Crippen LogP) is 4.55. The molecule has 0 heterocycles. The van der Waals surface area contributed by atoms with Crippen LogP contribution in [0.5, 0.6) is 11.5 Å². The van der Waals surface area contributed by atoms with Gasteiger partial charge in [0.05, 0.1) is 17.3 Å². The summed E-state index contributed by atoms with van der Waals surface area (Å²) in [6.45, 7) is 4.35. The SMILES string of the molecule is CCOc1c(I)cc(/C=C(/C#N)C(=O)Nc2cccc(C)c2)cc1OC. The molecule has 1 N–H and O–H groups in total. The van der Waals surface area contributed by atoms with Gasteiger partial charge in [-0.2, -0.15) is 5.26 Å². The smallest absolute Gasteiger partial charge is 0.266 e. The Balaban J connectivity index is 2.32. The second kappa shape index (κ2) is 9.25. The van der Waals surface area contributed by atoms with Gasteiger partial charge in [0.1, 0.15) is 11.6 Å². The van der Waals surface area contributed by atoms with E-state index in [1.807, 2.05) is 44.2 Å². The van der Waals surface area contributed by atoms with E-state index in [-0.39, 0.29) is 5.57 Å². The minimum atomic E-state index is -0.457. The number of anilines is 1. The first-order valence-electron chi connectivity index (χ1n) is 7.98. The van der Waals surface area contributed by atoms with Crippen LogP contribution in [0.25, 0.3) is 6.08 Å². The van der Waals surface area contributed by atoms with Gasteiger partial charge >= 0.3 is 0 Å². The molecule has 134 valence electrons. The molecule has 0 saturated carbocycles. The number of nitriles is 1. The van der Waals surface area contributed by atoms with E-state index in [2.05, 4.69) is 27.9 Å². The Morgan fingerprint density at radius 2 is 2.12 bits per heavy atom. The number of methoxy groups -OCH3 is 1. The Hall–Kier alpha value is -2.53. The zero-order valence-electron chi connectivity index (χ0n) is 14.8. The predicted molar refractivity (Wildman–Crippen MR) is 110 cm³/mol. The van der Waals surface area contributed by atoms with Crippen molar-refractivity contribution < 1.29 is 14.3 Å². The monoisotopic (exact) mass is 462 g/mol. The first-order chi connectivity index (χ1) is 12.5. The van der Waals surface area contributed by atoms with Gasteiger partial charge in [-0.05, 0) is 77.9 Å². The van der Waals surface area contributed by atoms with Crippen LogP contribution in [0.4, 0.5) is 5.69 Å². The third kappa shape index (κ3) is 4.99. The fourth-order valence-electron chi connectivity index (χ4n) is 2.34. The highest BCUT2D eigenvalue weighted by atomic mass is 127. The molecule has 0 aliphatic rings. The molecular formula is C20H19IN2O3. The van der Waals surface area contributed by atoms with Crippen molar-refractivity contribution in [2.24, 2.45) is 0 Å². The summed E-state index contributed by atoms with van der Waals surface area (Å²) in [5.41, 5.74) is 2.37. The third-order valence-corrected chi connectivity index (χ3v) is 4.29. The second-order valence-electron chi connectivity index (χ2n) is 5.46. The summed E-state index contributed by atoms with van der Waals surface area (Å²) in [4.78, 5) is 12.4. The number of benzene rings is 2. The average Bonchev–Trinajstić information content (AvgIpc) is 2.61. The largest absolute Gasteiger partial charge is 0.493 e. The van der Waals surface area contributed by atoms with Crippen LogP contribution < -0.4 is 14.8 Å². The number of nitrogens with zero attached hydrogens (tertiary/aromatic N) is 1. The normalized spacial score (nSPS) is 10.8. The summed E-state index contributed by atoms with van der Waals surface area (Å²) in [5, 5.41) is 12.1. The van der Waals surface area contributed by atoms with Gasteiger partial charge in [-0.15, -0.1) is 0 Å². The number of nitrogens with one attached hydrogen (secondary N) is 1. The standard InChI is InChI=1S/C20H19IN2O3/c1-4-26-19-17(21)10-14(11-18(19)25-3)9-15(12-22)20(24)23-16-7-5-6-13(2)8-16/h5-11H,4H2,1-3H3,(H,23,24)/b15-9-. The fourth-order valence-corrected chi connectivity index (χ4v) is 3.13. The van der Waals surface area contributed by atoms with Crippen LogP contribution >= 0.6 is 22.6 Å². The lowest BCUT2D eigenvalue weighted by Gasteiger charge is -2.12. The van der Waals surface area contributed by atoms with Gasteiger partial charge in [0.25, 0.3) is 5.91 Å². The molecule has 0 spiro atoms. The first kappa shape index (κ1) is 19.8. The number of hydrogen-bond donors (Lipinski definition) is 1. The summed E-state index contributed by atoms with van der Waals surface area (Å²) in [6.07, 6.45) is 1.53. The molecule has 1 amide bonds. The van der Waals surface area contributed by atoms with Gasteiger partial charge in [-0.25, -0.2) is 0 Å². The Morgan fingerprint density at radius 1 is 1.35 bits per heavy atom. The van der Waals surface area contributed by atoms with Crippen LogP contribution in [-0.2, 0) is 4.79 Å². The van der Waals surface area contributed by atoms with Crippen LogP contribution in [-0.4, -0.2) is 19.6 Å². The zero-order chi connectivity index (χ0) is 19.1. The molecule has 2 aromatic carbocycles. The molecule has 0 aromatic heterocycles. The number of hydrogen-bond acceptors (Lipinski definition) is 4. The van der Waals surface area contributed by atoms with Crippen molar-refractivity contribution in [1.29, 1.82) is 5.26 Å². The number of aryl methyl sites for hydroxylation is 1. The van der Waals surface area contributed by atoms with Gasteiger partial charge in [0, 0.05) is 5.69 Å². The quantitative estimate of drug-likeness (QED) is 0.389. The molecule has 0 saturated heterocycles. The molecule has 6 heteroatoms. The van der Waals surface area contributed by atoms with Crippen LogP contribution in [0.1, 0.15) is 18.1 Å². The van der Waals surface area contributed by atoms with E-state index in [1.54, 1.807) is 19.2 Å². The lowest BCUT2D eigenvalue weighted by Crippen LogP contribution is -2.13. The maximum atomic E-state index is 12.4. The van der Waals surface area contributed by atoms with E-state index in [4.69, 9.17) is 9.47 Å². The van der Waals surface area contributed by atoms with Gasteiger partial charge in [0.2, 0.25) is 0 Å². The van der Waals surface area contributed by atoms with Gasteiger partial charge in [-0.3, -0.25) is 4.79 Å². The lowest BCUT2D eigenvalue weighted by molar-refractivity contribution is -0.112. The zero-order valence-corrected chi connectivity index (χ0v) is 17.0. The van der Waals surface area contributed by atoms with Crippen molar-refractivity contribution in [3.05, 3.63) is 56.7 Å². The maximum absolute atomic E-state index is 12.4. The van der Waals surface area contributed by atoms with Crippen molar-refractivity contribution in [3.63, 3.8) is 0 Å². The number of ether oxygens (including phenoxy) is 2. The maximum Gasteiger partial charge on any atom is 0.266 e. The number of carbonyl (C=O) groups excluding carboxylic acids is 1. The van der Waals surface area contributed by atoms with E-state index >= 15 is 0 Å². The van der Waals surface area contributed by atoms with E-state index in [0.29, 0.717) is 29.4 Å². The van der Waals surface area contributed by atoms with E-state index in [0.717, 1.165) is 9.13 Å². The molecule has 0 bridgehead atoms. The van der Waals surface area contributed by atoms with Crippen molar-refractivity contribution in [2.45, 2.75) is 13.8 Å². The van der Waals surface area contributed by atoms with Crippen LogP contribution in [0.3, 0.4) is 0 Å².